The lowest BCUT2D eigenvalue weighted by Gasteiger charge is -2.19. The van der Waals surface area contributed by atoms with E-state index in [-0.39, 0.29) is 6.04 Å². The molecule has 0 aliphatic rings. The van der Waals surface area contributed by atoms with E-state index in [2.05, 4.69) is 36.5 Å². The first-order valence-electron chi connectivity index (χ1n) is 6.51. The van der Waals surface area contributed by atoms with Crippen LogP contribution in [0.15, 0.2) is 47.4 Å². The number of hydrogen-bond donors (Lipinski definition) is 1. The number of hydrogen-bond acceptors (Lipinski definition) is 2. The van der Waals surface area contributed by atoms with Gasteiger partial charge in [0.05, 0.1) is 16.1 Å². The van der Waals surface area contributed by atoms with Crippen molar-refractivity contribution < 1.29 is 0 Å². The van der Waals surface area contributed by atoms with E-state index in [0.29, 0.717) is 10.0 Å². The monoisotopic (exact) mass is 325 g/mol. The lowest BCUT2D eigenvalue weighted by molar-refractivity contribution is 0.691. The summed E-state index contributed by atoms with van der Waals surface area (Å²) in [7, 11) is 1.93. The molecule has 0 aliphatic carbocycles. The van der Waals surface area contributed by atoms with E-state index in [4.69, 9.17) is 23.2 Å². The minimum atomic E-state index is 0.0434. The molecular weight excluding hydrogens is 309 g/mol. The number of rotatable bonds is 5. The highest BCUT2D eigenvalue weighted by molar-refractivity contribution is 7.99. The quantitative estimate of drug-likeness (QED) is 0.737. The molecule has 20 heavy (non-hydrogen) atoms. The fraction of sp³-hybridized carbons (Fsp3) is 0.250. The molecule has 106 valence electrons. The Morgan fingerprint density at radius 3 is 2.40 bits per heavy atom. The number of benzene rings is 2. The molecule has 1 N–H and O–H groups in total. The van der Waals surface area contributed by atoms with Crippen LogP contribution in [0.2, 0.25) is 10.0 Å². The van der Waals surface area contributed by atoms with Gasteiger partial charge >= 0.3 is 0 Å². The summed E-state index contributed by atoms with van der Waals surface area (Å²) in [6.07, 6.45) is 0. The van der Waals surface area contributed by atoms with E-state index in [9.17, 15) is 0 Å². The second kappa shape index (κ2) is 7.37. The lowest BCUT2D eigenvalue weighted by Crippen LogP contribution is -2.18. The van der Waals surface area contributed by atoms with Gasteiger partial charge in [-0.1, -0.05) is 54.4 Å². The minimum Gasteiger partial charge on any atom is -0.309 e. The number of thioether (sulfide) groups is 1. The predicted octanol–water partition coefficient (Wildman–Crippen LogP) is 5.41. The fourth-order valence-corrected chi connectivity index (χ4v) is 3.25. The zero-order valence-electron chi connectivity index (χ0n) is 11.5. The number of nitrogens with one attached hydrogen (secondary N) is 1. The van der Waals surface area contributed by atoms with Crippen LogP contribution in [0.5, 0.6) is 0 Å². The highest BCUT2D eigenvalue weighted by Crippen LogP contribution is 2.33. The van der Waals surface area contributed by atoms with E-state index in [0.717, 1.165) is 11.3 Å². The second-order valence-corrected chi connectivity index (χ2v) is 6.49. The molecule has 0 fully saturated rings. The summed E-state index contributed by atoms with van der Waals surface area (Å²) in [5, 5.41) is 4.50. The molecule has 0 aliphatic heterocycles. The maximum Gasteiger partial charge on any atom is 0.0643 e. The first kappa shape index (κ1) is 15.7. The molecule has 0 saturated carbocycles. The van der Waals surface area contributed by atoms with Crippen molar-refractivity contribution in [2.45, 2.75) is 17.9 Å². The summed E-state index contributed by atoms with van der Waals surface area (Å²) in [6.45, 7) is 2.15. The molecule has 1 atom stereocenters. The first-order valence-corrected chi connectivity index (χ1v) is 8.25. The minimum absolute atomic E-state index is 0.0434. The van der Waals surface area contributed by atoms with Gasteiger partial charge in [0.1, 0.15) is 0 Å². The average Bonchev–Trinajstić information content (AvgIpc) is 2.46. The van der Waals surface area contributed by atoms with Crippen LogP contribution >= 0.6 is 35.0 Å². The van der Waals surface area contributed by atoms with Gasteiger partial charge in [-0.3, -0.25) is 0 Å². The molecule has 1 nitrogen and oxygen atoms in total. The van der Waals surface area contributed by atoms with Gasteiger partial charge in [-0.25, -0.2) is 0 Å². The summed E-state index contributed by atoms with van der Waals surface area (Å²) >= 11 is 14.3. The Balaban J connectivity index is 2.34. The average molecular weight is 326 g/mol. The molecule has 0 saturated heterocycles. The fourth-order valence-electron chi connectivity index (χ4n) is 2.17. The van der Waals surface area contributed by atoms with Crippen molar-refractivity contribution in [1.29, 1.82) is 0 Å². The number of halogens is 2. The van der Waals surface area contributed by atoms with Gasteiger partial charge in [-0.15, -0.1) is 11.8 Å². The molecule has 0 radical (unpaired) electrons. The van der Waals surface area contributed by atoms with Crippen molar-refractivity contribution in [2.24, 2.45) is 0 Å². The third-order valence-corrected chi connectivity index (χ3v) is 4.83. The molecule has 0 spiro atoms. The van der Waals surface area contributed by atoms with Crippen molar-refractivity contribution in [2.75, 3.05) is 12.8 Å². The summed E-state index contributed by atoms with van der Waals surface area (Å²) in [6, 6.07) is 14.3. The molecule has 2 aromatic rings. The van der Waals surface area contributed by atoms with E-state index >= 15 is 0 Å². The topological polar surface area (TPSA) is 12.0 Å². The van der Waals surface area contributed by atoms with Crippen LogP contribution in [0.4, 0.5) is 0 Å². The van der Waals surface area contributed by atoms with E-state index < -0.39 is 0 Å². The van der Waals surface area contributed by atoms with E-state index in [1.54, 1.807) is 6.07 Å². The largest absolute Gasteiger partial charge is 0.309 e. The third-order valence-electron chi connectivity index (χ3n) is 3.11. The summed E-state index contributed by atoms with van der Waals surface area (Å²) in [5.74, 6) is 1.08. The molecule has 1 unspecified atom stereocenters. The molecule has 0 heterocycles. The Morgan fingerprint density at radius 1 is 1.10 bits per heavy atom. The van der Waals surface area contributed by atoms with Gasteiger partial charge in [-0.2, -0.15) is 0 Å². The van der Waals surface area contributed by atoms with Crippen LogP contribution in [0, 0.1) is 0 Å². The Hall–Kier alpha value is -0.670. The molecule has 2 aromatic carbocycles. The molecule has 0 amide bonds. The standard InChI is InChI=1S/C16H17Cl2NS/c1-3-20-12-9-7-11(8-10-12)16(19-2)13-5-4-6-14(17)15(13)18/h4-10,16,19H,3H2,1-2H3. The molecule has 4 heteroatoms. The van der Waals surface area contributed by atoms with Crippen LogP contribution in [-0.4, -0.2) is 12.8 Å². The third kappa shape index (κ3) is 3.50. The molecule has 0 aromatic heterocycles. The maximum absolute atomic E-state index is 6.32. The normalized spacial score (nSPS) is 12.4. The molecule has 2 rings (SSSR count). The first-order chi connectivity index (χ1) is 9.67. The van der Waals surface area contributed by atoms with Crippen LogP contribution < -0.4 is 5.32 Å². The molecular formula is C16H17Cl2NS. The highest BCUT2D eigenvalue weighted by atomic mass is 35.5. The van der Waals surface area contributed by atoms with Gasteiger partial charge < -0.3 is 5.32 Å². The van der Waals surface area contributed by atoms with E-state index in [1.807, 2.05) is 30.9 Å². The maximum atomic E-state index is 6.32. The lowest BCUT2D eigenvalue weighted by atomic mass is 9.99. The van der Waals surface area contributed by atoms with Crippen molar-refractivity contribution in [3.63, 3.8) is 0 Å². The predicted molar refractivity (Wildman–Crippen MR) is 90.2 cm³/mol. The summed E-state index contributed by atoms with van der Waals surface area (Å²) in [5.41, 5.74) is 2.18. The van der Waals surface area contributed by atoms with Crippen LogP contribution in [0.1, 0.15) is 24.1 Å². The summed E-state index contributed by atoms with van der Waals surface area (Å²) < 4.78 is 0. The zero-order chi connectivity index (χ0) is 14.5. The SMILES string of the molecule is CCSc1ccc(C(NC)c2cccc(Cl)c2Cl)cc1. The second-order valence-electron chi connectivity index (χ2n) is 4.37. The summed E-state index contributed by atoms with van der Waals surface area (Å²) in [4.78, 5) is 1.28. The smallest absolute Gasteiger partial charge is 0.0643 e. The Kier molecular flexibility index (Phi) is 5.79. The Labute approximate surface area is 134 Å². The zero-order valence-corrected chi connectivity index (χ0v) is 13.8. The van der Waals surface area contributed by atoms with Crippen molar-refractivity contribution >= 4 is 35.0 Å². The van der Waals surface area contributed by atoms with Gasteiger partial charge in [0.15, 0.2) is 0 Å². The van der Waals surface area contributed by atoms with Crippen molar-refractivity contribution in [3.05, 3.63) is 63.6 Å². The van der Waals surface area contributed by atoms with Gasteiger partial charge in [0.2, 0.25) is 0 Å². The van der Waals surface area contributed by atoms with Crippen LogP contribution in [-0.2, 0) is 0 Å². The van der Waals surface area contributed by atoms with Gasteiger partial charge in [-0.05, 0) is 42.1 Å². The van der Waals surface area contributed by atoms with Gasteiger partial charge in [0.25, 0.3) is 0 Å². The van der Waals surface area contributed by atoms with Crippen LogP contribution in [0.25, 0.3) is 0 Å². The highest BCUT2D eigenvalue weighted by Gasteiger charge is 2.16. The van der Waals surface area contributed by atoms with E-state index in [1.165, 1.54) is 10.5 Å². The Bertz CT molecular complexity index is 569. The Morgan fingerprint density at radius 2 is 1.80 bits per heavy atom. The molecule has 0 bridgehead atoms. The van der Waals surface area contributed by atoms with Crippen molar-refractivity contribution in [3.8, 4) is 0 Å². The van der Waals surface area contributed by atoms with Crippen LogP contribution in [0.3, 0.4) is 0 Å². The van der Waals surface area contributed by atoms with Gasteiger partial charge in [0, 0.05) is 4.90 Å². The van der Waals surface area contributed by atoms with Crippen molar-refractivity contribution in [1.82, 2.24) is 5.32 Å².